The van der Waals surface area contributed by atoms with Crippen molar-refractivity contribution in [2.24, 2.45) is 11.7 Å². The van der Waals surface area contributed by atoms with Gasteiger partial charge < -0.3 is 57.8 Å². The Kier molecular flexibility index (Phi) is 18.4. The number of aliphatic hydroxyl groups excluding tert-OH is 1. The lowest BCUT2D eigenvalue weighted by atomic mass is 9.97. The first-order chi connectivity index (χ1) is 25.1. The van der Waals surface area contributed by atoms with Crippen LogP contribution in [-0.2, 0) is 46.4 Å². The maximum Gasteiger partial charge on any atom is 0.325 e. The van der Waals surface area contributed by atoms with Crippen molar-refractivity contribution < 1.29 is 43.8 Å². The van der Waals surface area contributed by atoms with Crippen LogP contribution < -0.4 is 37.6 Å². The lowest BCUT2D eigenvalue weighted by Gasteiger charge is -2.27. The Hall–Kier alpha value is -5.02. The summed E-state index contributed by atoms with van der Waals surface area (Å²) in [6.45, 7) is 5.16. The molecule has 2 aromatic rings. The number of imidazole rings is 2. The predicted molar refractivity (Wildman–Crippen MR) is 193 cm³/mol. The Morgan fingerprint density at radius 3 is 1.70 bits per heavy atom. The largest absolute Gasteiger partial charge is 0.480 e. The van der Waals surface area contributed by atoms with Crippen LogP contribution in [0, 0.1) is 5.92 Å². The van der Waals surface area contributed by atoms with E-state index in [0.29, 0.717) is 30.0 Å². The van der Waals surface area contributed by atoms with Crippen LogP contribution in [0.5, 0.6) is 0 Å². The van der Waals surface area contributed by atoms with Gasteiger partial charge in [0.25, 0.3) is 0 Å². The Morgan fingerprint density at radius 1 is 0.736 bits per heavy atom. The lowest BCUT2D eigenvalue weighted by molar-refractivity contribution is -0.142. The summed E-state index contributed by atoms with van der Waals surface area (Å²) in [5.74, 6) is -5.77. The molecule has 294 valence electrons. The van der Waals surface area contributed by atoms with Crippen molar-refractivity contribution in [1.82, 2.24) is 51.8 Å². The van der Waals surface area contributed by atoms with E-state index in [0.717, 1.165) is 0 Å². The number of carboxylic acid groups (broad SMARTS) is 1. The number of nitrogens with one attached hydrogen (secondary N) is 8. The van der Waals surface area contributed by atoms with Gasteiger partial charge in [-0.2, -0.15) is 11.8 Å². The van der Waals surface area contributed by atoms with Crippen molar-refractivity contribution in [3.05, 3.63) is 36.4 Å². The van der Waals surface area contributed by atoms with Crippen LogP contribution in [-0.4, -0.2) is 132 Å². The Balaban J connectivity index is 2.19. The molecule has 0 bridgehead atoms. The second-order valence-electron chi connectivity index (χ2n) is 12.5. The van der Waals surface area contributed by atoms with E-state index >= 15 is 0 Å². The summed E-state index contributed by atoms with van der Waals surface area (Å²) in [5.41, 5.74) is 6.95. The number of carbonyl (C=O) groups excluding carboxylic acids is 6. The van der Waals surface area contributed by atoms with Crippen LogP contribution >= 0.6 is 11.8 Å². The van der Waals surface area contributed by atoms with E-state index in [1.165, 1.54) is 50.7 Å². The van der Waals surface area contributed by atoms with E-state index in [9.17, 15) is 43.8 Å². The topological polar surface area (TPSA) is 316 Å². The molecule has 0 aromatic carbocycles. The molecular formula is C32H51N11O9S. The predicted octanol–water partition coefficient (Wildman–Crippen LogP) is -2.93. The monoisotopic (exact) mass is 765 g/mol. The van der Waals surface area contributed by atoms with E-state index in [1.54, 1.807) is 13.8 Å². The molecule has 0 aliphatic rings. The van der Waals surface area contributed by atoms with Crippen LogP contribution in [0.3, 0.4) is 0 Å². The summed E-state index contributed by atoms with van der Waals surface area (Å²) in [6, 6.07) is -8.61. The van der Waals surface area contributed by atoms with Gasteiger partial charge in [0.1, 0.15) is 36.3 Å². The van der Waals surface area contributed by atoms with E-state index in [-0.39, 0.29) is 12.8 Å². The fraction of sp³-hybridized carbons (Fsp3) is 0.594. The highest BCUT2D eigenvalue weighted by molar-refractivity contribution is 7.98. The minimum absolute atomic E-state index is 0.00869. The molecule has 2 rings (SSSR count). The molecule has 2 aromatic heterocycles. The van der Waals surface area contributed by atoms with Crippen molar-refractivity contribution in [2.45, 2.75) is 95.7 Å². The molecule has 2 heterocycles. The standard InChI is InChI=1S/C32H51N11O9S/c1-6-16(2)25(31(50)39-18(4)32(51)52)43-30(49)24(13-44)42-29(48)23(10-20-12-35-15-37-20)40-26(45)17(3)38-28(47)22(9-19-11-34-14-36-19)41-27(46)21(33)7-8-53-5/h11-12,14-18,21-25,44H,6-10,13,33H2,1-5H3,(H,34,36)(H,35,37)(H,38,47)(H,39,50)(H,40,45)(H,41,46)(H,42,48)(H,43,49)(H,51,52)/t16-,17-,18-,21-,22-,23-,24-,25-/m0/s1. The van der Waals surface area contributed by atoms with Crippen LogP contribution in [0.1, 0.15) is 51.9 Å². The second-order valence-corrected chi connectivity index (χ2v) is 13.5. The summed E-state index contributed by atoms with van der Waals surface area (Å²) < 4.78 is 0. The number of thioether (sulfide) groups is 1. The van der Waals surface area contributed by atoms with Gasteiger partial charge in [-0.05, 0) is 38.2 Å². The summed E-state index contributed by atoms with van der Waals surface area (Å²) in [7, 11) is 0. The average Bonchev–Trinajstić information content (AvgIpc) is 3.85. The lowest BCUT2D eigenvalue weighted by Crippen LogP contribution is -2.61. The molecule has 0 unspecified atom stereocenters. The fourth-order valence-electron chi connectivity index (χ4n) is 4.77. The molecule has 20 nitrogen and oxygen atoms in total. The molecule has 53 heavy (non-hydrogen) atoms. The first kappa shape index (κ1) is 44.1. The fourth-order valence-corrected chi connectivity index (χ4v) is 5.26. The van der Waals surface area contributed by atoms with Crippen LogP contribution in [0.25, 0.3) is 0 Å². The summed E-state index contributed by atoms with van der Waals surface area (Å²) in [4.78, 5) is 104. The van der Waals surface area contributed by atoms with E-state index in [2.05, 4.69) is 51.8 Å². The van der Waals surface area contributed by atoms with Crippen molar-refractivity contribution in [3.63, 3.8) is 0 Å². The first-order valence-electron chi connectivity index (χ1n) is 17.0. The number of hydrogen-bond donors (Lipinski definition) is 11. The zero-order valence-corrected chi connectivity index (χ0v) is 31.1. The highest BCUT2D eigenvalue weighted by Gasteiger charge is 2.34. The third-order valence-corrected chi connectivity index (χ3v) is 8.93. The molecule has 8 atom stereocenters. The van der Waals surface area contributed by atoms with Gasteiger partial charge in [0, 0.05) is 36.6 Å². The highest BCUT2D eigenvalue weighted by Crippen LogP contribution is 2.10. The van der Waals surface area contributed by atoms with E-state index in [1.807, 2.05) is 6.26 Å². The number of aromatic amines is 2. The van der Waals surface area contributed by atoms with Crippen LogP contribution in [0.15, 0.2) is 25.0 Å². The highest BCUT2D eigenvalue weighted by atomic mass is 32.2. The number of H-pyrrole nitrogens is 2. The van der Waals surface area contributed by atoms with Crippen LogP contribution in [0.2, 0.25) is 0 Å². The van der Waals surface area contributed by atoms with E-state index < -0.39 is 96.2 Å². The third-order valence-electron chi connectivity index (χ3n) is 8.28. The van der Waals surface area contributed by atoms with Gasteiger partial charge in [0.15, 0.2) is 0 Å². The van der Waals surface area contributed by atoms with Gasteiger partial charge >= 0.3 is 5.97 Å². The normalized spacial score (nSPS) is 15.6. The molecule has 0 saturated heterocycles. The van der Waals surface area contributed by atoms with Gasteiger partial charge in [-0.15, -0.1) is 0 Å². The maximum absolute atomic E-state index is 13.5. The Labute approximate surface area is 310 Å². The summed E-state index contributed by atoms with van der Waals surface area (Å²) >= 11 is 1.51. The third kappa shape index (κ3) is 14.5. The van der Waals surface area contributed by atoms with Crippen LogP contribution in [0.4, 0.5) is 0 Å². The van der Waals surface area contributed by atoms with Gasteiger partial charge in [-0.1, -0.05) is 20.3 Å². The summed E-state index contributed by atoms with van der Waals surface area (Å²) in [5, 5.41) is 34.1. The molecule has 12 N–H and O–H groups in total. The molecule has 0 radical (unpaired) electrons. The maximum atomic E-state index is 13.5. The molecular weight excluding hydrogens is 714 g/mol. The number of aromatic nitrogens is 4. The number of carbonyl (C=O) groups is 7. The zero-order valence-electron chi connectivity index (χ0n) is 30.3. The number of carboxylic acids is 1. The molecule has 6 amide bonds. The van der Waals surface area contributed by atoms with Gasteiger partial charge in [-0.3, -0.25) is 33.6 Å². The van der Waals surface area contributed by atoms with Crippen molar-refractivity contribution in [1.29, 1.82) is 0 Å². The molecule has 0 aliphatic carbocycles. The number of nitrogens with zero attached hydrogens (tertiary/aromatic N) is 2. The van der Waals surface area contributed by atoms with Crippen molar-refractivity contribution >= 4 is 53.2 Å². The number of hydrogen-bond acceptors (Lipinski definition) is 12. The molecule has 21 heteroatoms. The number of rotatable bonds is 23. The second kappa shape index (κ2) is 22.1. The molecule has 0 saturated carbocycles. The smallest absolute Gasteiger partial charge is 0.325 e. The molecule has 0 fully saturated rings. The number of aliphatic carboxylic acids is 1. The average molecular weight is 766 g/mol. The first-order valence-corrected chi connectivity index (χ1v) is 18.4. The number of amides is 6. The minimum Gasteiger partial charge on any atom is -0.480 e. The van der Waals surface area contributed by atoms with Gasteiger partial charge in [-0.25, -0.2) is 9.97 Å². The SMILES string of the molecule is CC[C@H](C)[C@H](NC(=O)[C@H](CO)NC(=O)[C@H](Cc1cnc[nH]1)NC(=O)[C@H](C)NC(=O)[C@H](Cc1cnc[nH]1)NC(=O)[C@@H](N)CCSC)C(=O)N[C@@H](C)C(=O)O. The number of nitrogens with two attached hydrogens (primary N) is 1. The van der Waals surface area contributed by atoms with E-state index in [4.69, 9.17) is 5.73 Å². The quantitative estimate of drug-likeness (QED) is 0.0541. The number of aliphatic hydroxyl groups is 1. The Morgan fingerprint density at radius 2 is 1.23 bits per heavy atom. The molecule has 0 spiro atoms. The van der Waals surface area contributed by atoms with Crippen molar-refractivity contribution in [3.8, 4) is 0 Å². The Bertz CT molecular complexity index is 1510. The van der Waals surface area contributed by atoms with Crippen molar-refractivity contribution in [2.75, 3.05) is 18.6 Å². The van der Waals surface area contributed by atoms with Gasteiger partial charge in [0.2, 0.25) is 35.4 Å². The zero-order chi connectivity index (χ0) is 39.7. The minimum atomic E-state index is -1.58. The summed E-state index contributed by atoms with van der Waals surface area (Å²) in [6.07, 6.45) is 8.19. The molecule has 0 aliphatic heterocycles. The van der Waals surface area contributed by atoms with Gasteiger partial charge in [0.05, 0.1) is 25.3 Å².